The first-order chi connectivity index (χ1) is 14.2. The fraction of sp³-hybridized carbons (Fsp3) is 0.0909. The quantitative estimate of drug-likeness (QED) is 0.556. The van der Waals surface area contributed by atoms with E-state index in [-0.39, 0.29) is 17.8 Å². The number of para-hydroxylation sites is 2. The maximum absolute atomic E-state index is 13.2. The van der Waals surface area contributed by atoms with Gasteiger partial charge in [0.15, 0.2) is 0 Å². The number of hydrogen-bond acceptors (Lipinski definition) is 2. The Morgan fingerprint density at radius 2 is 1.33 bits per heavy atom. The minimum Gasteiger partial charge on any atom is -0.324 e. The van der Waals surface area contributed by atoms with Gasteiger partial charge >= 0.3 is 6.18 Å². The van der Waals surface area contributed by atoms with Crippen LogP contribution >= 0.6 is 0 Å². The Hall–Kier alpha value is -3.68. The lowest BCUT2D eigenvalue weighted by molar-refractivity contribution is -0.137. The molecule has 30 heavy (non-hydrogen) atoms. The molecular weight excluding hydrogens is 400 g/mol. The number of benzene rings is 3. The molecule has 0 unspecified atom stereocenters. The van der Waals surface area contributed by atoms with Crippen LogP contribution in [0.2, 0.25) is 0 Å². The second-order valence-electron chi connectivity index (χ2n) is 6.39. The number of carbonyl (C=O) groups is 2. The third-order valence-corrected chi connectivity index (χ3v) is 4.20. The van der Waals surface area contributed by atoms with Gasteiger partial charge in [0.1, 0.15) is 5.82 Å². The number of hydrogen-bond donors (Lipinski definition) is 2. The van der Waals surface area contributed by atoms with Crippen LogP contribution in [0, 0.1) is 5.82 Å². The molecule has 0 saturated heterocycles. The van der Waals surface area contributed by atoms with E-state index in [0.717, 1.165) is 12.1 Å². The molecule has 0 fully saturated rings. The molecule has 0 aromatic heterocycles. The van der Waals surface area contributed by atoms with Gasteiger partial charge in [0.2, 0.25) is 5.91 Å². The van der Waals surface area contributed by atoms with Crippen LogP contribution in [-0.4, -0.2) is 11.8 Å². The van der Waals surface area contributed by atoms with E-state index in [2.05, 4.69) is 10.6 Å². The third kappa shape index (κ3) is 5.22. The molecule has 0 aliphatic heterocycles. The van der Waals surface area contributed by atoms with Crippen molar-refractivity contribution in [3.63, 3.8) is 0 Å². The van der Waals surface area contributed by atoms with Crippen molar-refractivity contribution in [3.05, 3.63) is 95.3 Å². The van der Waals surface area contributed by atoms with Gasteiger partial charge in [-0.05, 0) is 42.0 Å². The van der Waals surface area contributed by atoms with Crippen LogP contribution in [0.15, 0.2) is 72.8 Å². The normalized spacial score (nSPS) is 11.1. The summed E-state index contributed by atoms with van der Waals surface area (Å²) in [6.45, 7) is 0. The third-order valence-electron chi connectivity index (χ3n) is 4.20. The van der Waals surface area contributed by atoms with E-state index in [1.54, 1.807) is 12.1 Å². The first-order valence-corrected chi connectivity index (χ1v) is 8.85. The predicted octanol–water partition coefficient (Wildman–Crippen LogP) is 5.28. The molecule has 8 heteroatoms. The maximum Gasteiger partial charge on any atom is 0.417 e. The van der Waals surface area contributed by atoms with E-state index < -0.39 is 34.9 Å². The summed E-state index contributed by atoms with van der Waals surface area (Å²) in [4.78, 5) is 24.8. The minimum atomic E-state index is -4.68. The molecule has 0 radical (unpaired) electrons. The van der Waals surface area contributed by atoms with Gasteiger partial charge in [-0.3, -0.25) is 9.59 Å². The van der Waals surface area contributed by atoms with Gasteiger partial charge in [0.25, 0.3) is 5.91 Å². The van der Waals surface area contributed by atoms with Crippen LogP contribution in [0.4, 0.5) is 28.9 Å². The monoisotopic (exact) mass is 416 g/mol. The Morgan fingerprint density at radius 1 is 0.767 bits per heavy atom. The topological polar surface area (TPSA) is 58.2 Å². The molecule has 2 N–H and O–H groups in total. The van der Waals surface area contributed by atoms with Crippen molar-refractivity contribution in [2.45, 2.75) is 12.6 Å². The van der Waals surface area contributed by atoms with Crippen LogP contribution in [-0.2, 0) is 17.4 Å². The first kappa shape index (κ1) is 21.0. The molecule has 0 atom stereocenters. The number of halogens is 4. The molecule has 4 nitrogen and oxygen atoms in total. The number of anilines is 2. The number of rotatable bonds is 5. The summed E-state index contributed by atoms with van der Waals surface area (Å²) in [5, 5.41) is 5.02. The van der Waals surface area contributed by atoms with E-state index in [9.17, 15) is 27.2 Å². The molecule has 2 amide bonds. The van der Waals surface area contributed by atoms with E-state index in [0.29, 0.717) is 5.56 Å². The van der Waals surface area contributed by atoms with Crippen molar-refractivity contribution >= 4 is 23.2 Å². The van der Waals surface area contributed by atoms with Gasteiger partial charge in [0, 0.05) is 0 Å². The highest BCUT2D eigenvalue weighted by molar-refractivity contribution is 6.08. The number of carbonyl (C=O) groups excluding carboxylic acids is 2. The largest absolute Gasteiger partial charge is 0.417 e. The first-order valence-electron chi connectivity index (χ1n) is 8.85. The molecule has 154 valence electrons. The van der Waals surface area contributed by atoms with Gasteiger partial charge < -0.3 is 10.6 Å². The molecule has 0 bridgehead atoms. The Bertz CT molecular complexity index is 1060. The van der Waals surface area contributed by atoms with E-state index >= 15 is 0 Å². The van der Waals surface area contributed by atoms with Crippen LogP contribution < -0.4 is 10.6 Å². The summed E-state index contributed by atoms with van der Waals surface area (Å²) in [7, 11) is 0. The zero-order valence-corrected chi connectivity index (χ0v) is 15.5. The minimum absolute atomic E-state index is 0.0422. The van der Waals surface area contributed by atoms with Crippen molar-refractivity contribution in [1.29, 1.82) is 0 Å². The average molecular weight is 416 g/mol. The Morgan fingerprint density at radius 3 is 1.97 bits per heavy atom. The summed E-state index contributed by atoms with van der Waals surface area (Å²) in [6.07, 6.45) is -4.73. The summed E-state index contributed by atoms with van der Waals surface area (Å²) >= 11 is 0. The van der Waals surface area contributed by atoms with Gasteiger partial charge in [-0.25, -0.2) is 4.39 Å². The molecule has 3 aromatic rings. The molecular formula is C22H16F4N2O2. The molecule has 3 rings (SSSR count). The Labute approximate surface area is 169 Å². The van der Waals surface area contributed by atoms with Crippen molar-refractivity contribution in [2.75, 3.05) is 10.6 Å². The highest BCUT2D eigenvalue weighted by Gasteiger charge is 2.34. The highest BCUT2D eigenvalue weighted by atomic mass is 19.4. The Kier molecular flexibility index (Phi) is 6.15. The zero-order chi connectivity index (χ0) is 21.7. The van der Waals surface area contributed by atoms with Gasteiger partial charge in [0.05, 0.1) is 28.9 Å². The number of amides is 2. The molecule has 0 saturated carbocycles. The zero-order valence-electron chi connectivity index (χ0n) is 15.5. The highest BCUT2D eigenvalue weighted by Crippen LogP contribution is 2.32. The van der Waals surface area contributed by atoms with Crippen molar-refractivity contribution in [1.82, 2.24) is 0 Å². The lowest BCUT2D eigenvalue weighted by Crippen LogP contribution is -2.20. The average Bonchev–Trinajstić information content (AvgIpc) is 2.70. The summed E-state index contributed by atoms with van der Waals surface area (Å²) in [6, 6.07) is 16.0. The Balaban J connectivity index is 1.77. The summed E-state index contributed by atoms with van der Waals surface area (Å²) in [5.74, 6) is -1.81. The second kappa shape index (κ2) is 8.77. The molecule has 3 aromatic carbocycles. The van der Waals surface area contributed by atoms with Gasteiger partial charge in [-0.1, -0.05) is 36.4 Å². The van der Waals surface area contributed by atoms with E-state index in [1.807, 2.05) is 0 Å². The van der Waals surface area contributed by atoms with Crippen molar-refractivity contribution in [3.8, 4) is 0 Å². The van der Waals surface area contributed by atoms with Crippen LogP contribution in [0.1, 0.15) is 21.5 Å². The summed E-state index contributed by atoms with van der Waals surface area (Å²) < 4.78 is 52.5. The lowest BCUT2D eigenvalue weighted by atomic mass is 10.1. The molecule has 0 aliphatic carbocycles. The van der Waals surface area contributed by atoms with Crippen molar-refractivity contribution < 1.29 is 27.2 Å². The summed E-state index contributed by atoms with van der Waals surface area (Å²) in [5.41, 5.74) is -0.637. The number of nitrogens with one attached hydrogen (secondary N) is 2. The standard InChI is InChI=1S/C22H16F4N2O2/c23-15-11-9-14(10-12-15)13-20(29)27-18-7-3-4-8-19(18)28-21(30)16-5-1-2-6-17(16)22(24,25)26/h1-12H,13H2,(H,27,29)(H,28,30). The maximum atomic E-state index is 13.2. The van der Waals surface area contributed by atoms with Crippen molar-refractivity contribution in [2.24, 2.45) is 0 Å². The van der Waals surface area contributed by atoms with E-state index in [4.69, 9.17) is 0 Å². The molecule has 0 aliphatic rings. The fourth-order valence-electron chi connectivity index (χ4n) is 2.80. The van der Waals surface area contributed by atoms with Crippen LogP contribution in [0.3, 0.4) is 0 Å². The van der Waals surface area contributed by atoms with Gasteiger partial charge in [-0.15, -0.1) is 0 Å². The predicted molar refractivity (Wildman–Crippen MR) is 105 cm³/mol. The smallest absolute Gasteiger partial charge is 0.324 e. The van der Waals surface area contributed by atoms with Gasteiger partial charge in [-0.2, -0.15) is 13.2 Å². The van der Waals surface area contributed by atoms with Crippen LogP contribution in [0.5, 0.6) is 0 Å². The lowest BCUT2D eigenvalue weighted by Gasteiger charge is -2.15. The number of alkyl halides is 3. The SMILES string of the molecule is O=C(Cc1ccc(F)cc1)Nc1ccccc1NC(=O)c1ccccc1C(F)(F)F. The fourth-order valence-corrected chi connectivity index (χ4v) is 2.80. The van der Waals surface area contributed by atoms with E-state index in [1.165, 1.54) is 48.5 Å². The molecule has 0 spiro atoms. The molecule has 0 heterocycles. The van der Waals surface area contributed by atoms with Crippen LogP contribution in [0.25, 0.3) is 0 Å². The second-order valence-corrected chi connectivity index (χ2v) is 6.39.